The molecule has 2 aromatic carbocycles. The van der Waals surface area contributed by atoms with E-state index in [-0.39, 0.29) is 11.4 Å². The Morgan fingerprint density at radius 1 is 1.16 bits per heavy atom. The van der Waals surface area contributed by atoms with Gasteiger partial charge in [0.05, 0.1) is 21.0 Å². The Labute approximate surface area is 117 Å². The predicted molar refractivity (Wildman–Crippen MR) is 72.7 cm³/mol. The van der Waals surface area contributed by atoms with Crippen LogP contribution in [0.5, 0.6) is 11.5 Å². The molecular formula is C13H8BrNO4. The molecule has 0 unspecified atom stereocenters. The summed E-state index contributed by atoms with van der Waals surface area (Å²) in [6, 6.07) is 10.8. The zero-order valence-electron chi connectivity index (χ0n) is 9.58. The third-order valence-electron chi connectivity index (χ3n) is 2.39. The second-order valence-electron chi connectivity index (χ2n) is 3.63. The first kappa shape index (κ1) is 13.2. The number of nitrogens with zero attached hydrogens (tertiary/aromatic N) is 1. The van der Waals surface area contributed by atoms with Gasteiger partial charge in [-0.1, -0.05) is 12.1 Å². The molecule has 0 saturated carbocycles. The van der Waals surface area contributed by atoms with Crippen LogP contribution in [0.2, 0.25) is 0 Å². The summed E-state index contributed by atoms with van der Waals surface area (Å²) in [7, 11) is 0. The van der Waals surface area contributed by atoms with Crippen molar-refractivity contribution >= 4 is 27.9 Å². The van der Waals surface area contributed by atoms with Crippen LogP contribution in [0.1, 0.15) is 10.4 Å². The quantitative estimate of drug-likeness (QED) is 0.485. The maximum Gasteiger partial charge on any atom is 0.273 e. The van der Waals surface area contributed by atoms with Gasteiger partial charge in [-0.2, -0.15) is 0 Å². The van der Waals surface area contributed by atoms with Crippen molar-refractivity contribution in [2.45, 2.75) is 0 Å². The lowest BCUT2D eigenvalue weighted by Crippen LogP contribution is -1.93. The minimum Gasteiger partial charge on any atom is -0.455 e. The summed E-state index contributed by atoms with van der Waals surface area (Å²) in [6.07, 6.45) is 0.667. The first-order chi connectivity index (χ1) is 9.11. The van der Waals surface area contributed by atoms with Crippen LogP contribution in [-0.2, 0) is 0 Å². The van der Waals surface area contributed by atoms with Crippen LogP contribution in [0.15, 0.2) is 46.9 Å². The average molecular weight is 322 g/mol. The molecule has 0 aliphatic heterocycles. The number of carbonyl (C=O) groups is 1. The van der Waals surface area contributed by atoms with Gasteiger partial charge in [0.15, 0.2) is 6.29 Å². The molecule has 0 atom stereocenters. The average Bonchev–Trinajstić information content (AvgIpc) is 2.41. The van der Waals surface area contributed by atoms with Crippen molar-refractivity contribution in [2.75, 3.05) is 0 Å². The van der Waals surface area contributed by atoms with Gasteiger partial charge in [-0.15, -0.1) is 0 Å². The molecule has 6 heteroatoms. The molecule has 2 aromatic rings. The highest BCUT2D eigenvalue weighted by Crippen LogP contribution is 2.33. The van der Waals surface area contributed by atoms with E-state index in [2.05, 4.69) is 15.9 Å². The number of benzene rings is 2. The molecule has 2 rings (SSSR count). The summed E-state index contributed by atoms with van der Waals surface area (Å²) in [5, 5.41) is 10.7. The van der Waals surface area contributed by atoms with Crippen molar-refractivity contribution < 1.29 is 14.5 Å². The third-order valence-corrected chi connectivity index (χ3v) is 3.05. The Hall–Kier alpha value is -2.21. The fourth-order valence-corrected chi connectivity index (χ4v) is 1.80. The van der Waals surface area contributed by atoms with E-state index in [0.717, 1.165) is 0 Å². The van der Waals surface area contributed by atoms with Crippen LogP contribution in [0.25, 0.3) is 0 Å². The Bertz CT molecular complexity index is 642. The van der Waals surface area contributed by atoms with Crippen LogP contribution < -0.4 is 4.74 Å². The lowest BCUT2D eigenvalue weighted by atomic mass is 10.2. The normalized spacial score (nSPS) is 9.95. The molecule has 0 aliphatic rings. The number of nitro groups is 1. The molecule has 0 heterocycles. The van der Waals surface area contributed by atoms with Gasteiger partial charge < -0.3 is 4.74 Å². The molecule has 0 bridgehead atoms. The van der Waals surface area contributed by atoms with Crippen molar-refractivity contribution in [1.82, 2.24) is 0 Å². The van der Waals surface area contributed by atoms with Crippen LogP contribution in [0.3, 0.4) is 0 Å². The monoisotopic (exact) mass is 321 g/mol. The van der Waals surface area contributed by atoms with Crippen LogP contribution >= 0.6 is 15.9 Å². The number of carbonyl (C=O) groups excluding carboxylic acids is 1. The number of hydrogen-bond acceptors (Lipinski definition) is 4. The summed E-state index contributed by atoms with van der Waals surface area (Å²) in [6.45, 7) is 0. The Morgan fingerprint density at radius 3 is 2.58 bits per heavy atom. The Kier molecular flexibility index (Phi) is 3.91. The van der Waals surface area contributed by atoms with Crippen molar-refractivity contribution in [3.63, 3.8) is 0 Å². The number of nitro benzene ring substituents is 1. The molecule has 0 saturated heterocycles. The minimum atomic E-state index is -0.509. The number of hydrogen-bond donors (Lipinski definition) is 0. The highest BCUT2D eigenvalue weighted by atomic mass is 79.9. The van der Waals surface area contributed by atoms with Crippen LogP contribution in [0, 0.1) is 10.1 Å². The molecule has 0 amide bonds. The second kappa shape index (κ2) is 5.62. The Balaban J connectivity index is 2.40. The van der Waals surface area contributed by atoms with Gasteiger partial charge in [-0.3, -0.25) is 14.9 Å². The van der Waals surface area contributed by atoms with Gasteiger partial charge in [-0.25, -0.2) is 0 Å². The molecule has 96 valence electrons. The molecule has 0 fully saturated rings. The number of ether oxygens (including phenoxy) is 1. The number of para-hydroxylation sites is 1. The number of rotatable bonds is 4. The van der Waals surface area contributed by atoms with Crippen LogP contribution in [0.4, 0.5) is 5.69 Å². The van der Waals surface area contributed by atoms with E-state index in [9.17, 15) is 14.9 Å². The van der Waals surface area contributed by atoms with Crippen molar-refractivity contribution in [1.29, 1.82) is 0 Å². The molecule has 0 spiro atoms. The van der Waals surface area contributed by atoms with E-state index in [4.69, 9.17) is 4.74 Å². The van der Waals surface area contributed by atoms with E-state index in [1.807, 2.05) is 0 Å². The smallest absolute Gasteiger partial charge is 0.273 e. The first-order valence-corrected chi connectivity index (χ1v) is 6.07. The highest BCUT2D eigenvalue weighted by molar-refractivity contribution is 9.10. The number of aldehydes is 1. The van der Waals surface area contributed by atoms with Gasteiger partial charge in [0, 0.05) is 6.07 Å². The third kappa shape index (κ3) is 2.97. The first-order valence-electron chi connectivity index (χ1n) is 5.28. The summed E-state index contributed by atoms with van der Waals surface area (Å²) < 4.78 is 6.11. The molecule has 0 aliphatic carbocycles. The van der Waals surface area contributed by atoms with Crippen LogP contribution in [-0.4, -0.2) is 11.2 Å². The molecule has 19 heavy (non-hydrogen) atoms. The predicted octanol–water partition coefficient (Wildman–Crippen LogP) is 3.96. The standard InChI is InChI=1S/C13H8BrNO4/c14-11-6-5-10(15(17)18)7-13(11)19-12-4-2-1-3-9(12)8-16/h1-8H. The minimum absolute atomic E-state index is 0.0817. The van der Waals surface area contributed by atoms with Gasteiger partial charge in [-0.05, 0) is 34.1 Å². The van der Waals surface area contributed by atoms with Gasteiger partial charge in [0.1, 0.15) is 11.5 Å². The number of halogens is 1. The zero-order chi connectivity index (χ0) is 13.8. The van der Waals surface area contributed by atoms with Gasteiger partial charge >= 0.3 is 0 Å². The van der Waals surface area contributed by atoms with E-state index in [0.29, 0.717) is 22.1 Å². The van der Waals surface area contributed by atoms with Gasteiger partial charge in [0.25, 0.3) is 5.69 Å². The SMILES string of the molecule is O=Cc1ccccc1Oc1cc([N+](=O)[O-])ccc1Br. The largest absolute Gasteiger partial charge is 0.455 e. The lowest BCUT2D eigenvalue weighted by molar-refractivity contribution is -0.384. The van der Waals surface area contributed by atoms with Crippen molar-refractivity contribution in [3.05, 3.63) is 62.6 Å². The topological polar surface area (TPSA) is 69.4 Å². The maximum absolute atomic E-state index is 10.9. The zero-order valence-corrected chi connectivity index (χ0v) is 11.2. The van der Waals surface area contributed by atoms with Gasteiger partial charge in [0.2, 0.25) is 0 Å². The molecule has 0 aromatic heterocycles. The van der Waals surface area contributed by atoms with E-state index < -0.39 is 4.92 Å². The summed E-state index contributed by atoms with van der Waals surface area (Å²) in [5.41, 5.74) is 0.294. The summed E-state index contributed by atoms with van der Waals surface area (Å²) in [4.78, 5) is 21.1. The Morgan fingerprint density at radius 2 is 1.89 bits per heavy atom. The van der Waals surface area contributed by atoms with Crippen molar-refractivity contribution in [3.8, 4) is 11.5 Å². The fourth-order valence-electron chi connectivity index (χ4n) is 1.47. The van der Waals surface area contributed by atoms with E-state index in [1.54, 1.807) is 24.3 Å². The molecule has 0 N–H and O–H groups in total. The summed E-state index contributed by atoms with van der Waals surface area (Å²) in [5.74, 6) is 0.627. The highest BCUT2D eigenvalue weighted by Gasteiger charge is 2.12. The fraction of sp³-hybridized carbons (Fsp3) is 0. The second-order valence-corrected chi connectivity index (χ2v) is 4.48. The maximum atomic E-state index is 10.9. The van der Waals surface area contributed by atoms with E-state index in [1.165, 1.54) is 18.2 Å². The lowest BCUT2D eigenvalue weighted by Gasteiger charge is -2.09. The number of non-ortho nitro benzene ring substituents is 1. The van der Waals surface area contributed by atoms with Crippen molar-refractivity contribution in [2.24, 2.45) is 0 Å². The molecular weight excluding hydrogens is 314 g/mol. The van der Waals surface area contributed by atoms with E-state index >= 15 is 0 Å². The molecule has 0 radical (unpaired) electrons. The summed E-state index contributed by atoms with van der Waals surface area (Å²) >= 11 is 3.25. The molecule has 5 nitrogen and oxygen atoms in total.